The number of rotatable bonds is 4. The first kappa shape index (κ1) is 23.1. The quantitative estimate of drug-likeness (QED) is 0.625. The third-order valence-electron chi connectivity index (χ3n) is 7.56. The van der Waals surface area contributed by atoms with Gasteiger partial charge in [-0.2, -0.15) is 0 Å². The molecule has 2 aliphatic heterocycles. The maximum absolute atomic E-state index is 15.2. The number of carbonyl (C=O) groups is 1. The van der Waals surface area contributed by atoms with Gasteiger partial charge in [0.1, 0.15) is 16.4 Å². The minimum atomic E-state index is -1.07. The lowest BCUT2D eigenvalue weighted by molar-refractivity contribution is -0.136. The number of ether oxygens (including phenoxy) is 1. The van der Waals surface area contributed by atoms with E-state index in [0.717, 1.165) is 6.42 Å². The van der Waals surface area contributed by atoms with Crippen molar-refractivity contribution in [3.8, 4) is 0 Å². The minimum absolute atomic E-state index is 0.0220. The highest BCUT2D eigenvalue weighted by molar-refractivity contribution is 8.15. The molecule has 10 heteroatoms. The number of aliphatic imine (C=N–C) groups is 1. The molecular formula is C26H23F2N5O2S. The zero-order valence-corrected chi connectivity index (χ0v) is 20.3. The lowest BCUT2D eigenvalue weighted by Crippen LogP contribution is -2.50. The SMILES string of the molecule is [C-]#[N+]c1ccc(/C(F)=C/c2ccc(F)c([C@@]3(C)N=C(N)S[C@@]4(C(=O)N5CCOC6CC65)C[C@H]43)c2)nc1. The fraction of sp³-hybridized carbons (Fsp3) is 0.385. The summed E-state index contributed by atoms with van der Waals surface area (Å²) in [5.74, 6) is -1.32. The Morgan fingerprint density at radius 3 is 2.97 bits per heavy atom. The molecule has 7 nitrogen and oxygen atoms in total. The molecule has 6 rings (SSSR count). The molecule has 0 bridgehead atoms. The van der Waals surface area contributed by atoms with Crippen LogP contribution >= 0.6 is 11.8 Å². The number of hydrogen-bond acceptors (Lipinski definition) is 6. The predicted molar refractivity (Wildman–Crippen MR) is 133 cm³/mol. The summed E-state index contributed by atoms with van der Waals surface area (Å²) in [6, 6.07) is 7.35. The second-order valence-electron chi connectivity index (χ2n) is 9.80. The van der Waals surface area contributed by atoms with Crippen molar-refractivity contribution in [1.82, 2.24) is 9.88 Å². The van der Waals surface area contributed by atoms with Gasteiger partial charge in [-0.3, -0.25) is 14.8 Å². The van der Waals surface area contributed by atoms with E-state index >= 15 is 4.39 Å². The highest BCUT2D eigenvalue weighted by Crippen LogP contribution is 2.67. The molecule has 2 aliphatic carbocycles. The first-order valence-corrected chi connectivity index (χ1v) is 12.5. The van der Waals surface area contributed by atoms with Gasteiger partial charge < -0.3 is 15.4 Å². The molecular weight excluding hydrogens is 484 g/mol. The summed E-state index contributed by atoms with van der Waals surface area (Å²) in [6.45, 7) is 9.85. The largest absolute Gasteiger partial charge is 0.378 e. The van der Waals surface area contributed by atoms with E-state index in [4.69, 9.17) is 17.0 Å². The standard InChI is InChI=1S/C26H23F2N5O2S/c1-25(16-9-14(3-5-17(16)27)10-18(28)19-6-4-15(30-2)13-31-19)22-12-26(22,36-24(29)32-25)23(34)33-7-8-35-21-11-20(21)33/h3-6,9-10,13,20-22H,7-8,11-12H2,1H3,(H2,29,32)/b18-10-/t20?,21?,22-,25+,26-/m0/s1. The van der Waals surface area contributed by atoms with Crippen LogP contribution in [0, 0.1) is 18.3 Å². The van der Waals surface area contributed by atoms with Crippen LogP contribution in [0.25, 0.3) is 16.7 Å². The van der Waals surface area contributed by atoms with Crippen molar-refractivity contribution in [1.29, 1.82) is 0 Å². The van der Waals surface area contributed by atoms with Crippen molar-refractivity contribution in [2.24, 2.45) is 16.6 Å². The Balaban J connectivity index is 1.32. The Labute approximate surface area is 211 Å². The summed E-state index contributed by atoms with van der Waals surface area (Å²) >= 11 is 1.28. The first-order chi connectivity index (χ1) is 17.2. The molecule has 0 spiro atoms. The number of fused-ring (bicyclic) bond motifs is 2. The van der Waals surface area contributed by atoms with Gasteiger partial charge in [0.25, 0.3) is 0 Å². The second-order valence-corrected chi connectivity index (χ2v) is 11.2. The Morgan fingerprint density at radius 2 is 2.22 bits per heavy atom. The molecule has 1 aromatic heterocycles. The van der Waals surface area contributed by atoms with Gasteiger partial charge in [0.05, 0.1) is 36.6 Å². The lowest BCUT2D eigenvalue weighted by atomic mass is 9.84. The topological polar surface area (TPSA) is 85.2 Å². The van der Waals surface area contributed by atoms with Crippen LogP contribution in [0.2, 0.25) is 0 Å². The van der Waals surface area contributed by atoms with Crippen molar-refractivity contribution in [3.05, 3.63) is 70.6 Å². The van der Waals surface area contributed by atoms with Gasteiger partial charge in [-0.05, 0) is 49.6 Å². The summed E-state index contributed by atoms with van der Waals surface area (Å²) < 4.78 is 35.0. The molecule has 1 amide bonds. The molecule has 1 aromatic carbocycles. The van der Waals surface area contributed by atoms with Crippen LogP contribution in [-0.2, 0) is 15.1 Å². The highest BCUT2D eigenvalue weighted by Gasteiger charge is 2.72. The molecule has 2 aromatic rings. The van der Waals surface area contributed by atoms with Gasteiger partial charge in [0.15, 0.2) is 5.17 Å². The number of benzene rings is 1. The molecule has 2 saturated carbocycles. The summed E-state index contributed by atoms with van der Waals surface area (Å²) in [4.78, 5) is 27.4. The minimum Gasteiger partial charge on any atom is -0.378 e. The monoisotopic (exact) mass is 507 g/mol. The van der Waals surface area contributed by atoms with Crippen molar-refractivity contribution in [2.75, 3.05) is 13.2 Å². The number of carbonyl (C=O) groups excluding carboxylic acids is 1. The van der Waals surface area contributed by atoms with E-state index in [0.29, 0.717) is 30.8 Å². The number of aromatic nitrogens is 1. The zero-order valence-electron chi connectivity index (χ0n) is 19.4. The van der Waals surface area contributed by atoms with E-state index in [-0.39, 0.29) is 40.4 Å². The van der Waals surface area contributed by atoms with Crippen LogP contribution in [0.1, 0.15) is 36.6 Å². The molecule has 1 saturated heterocycles. The zero-order chi connectivity index (χ0) is 25.2. The number of hydrogen-bond donors (Lipinski definition) is 1. The molecule has 5 atom stereocenters. The Bertz CT molecular complexity index is 1370. The molecule has 3 fully saturated rings. The van der Waals surface area contributed by atoms with Crippen LogP contribution in [0.3, 0.4) is 0 Å². The van der Waals surface area contributed by atoms with E-state index in [9.17, 15) is 9.18 Å². The van der Waals surface area contributed by atoms with Gasteiger partial charge in [-0.15, -0.1) is 0 Å². The van der Waals surface area contributed by atoms with Crippen LogP contribution in [0.4, 0.5) is 14.5 Å². The normalized spacial score (nSPS) is 32.6. The second kappa shape index (κ2) is 8.11. The third kappa shape index (κ3) is 3.61. The van der Waals surface area contributed by atoms with Crippen LogP contribution in [0.5, 0.6) is 0 Å². The molecule has 0 radical (unpaired) electrons. The third-order valence-corrected chi connectivity index (χ3v) is 8.85. The van der Waals surface area contributed by atoms with Crippen molar-refractivity contribution in [3.63, 3.8) is 0 Å². The van der Waals surface area contributed by atoms with Crippen molar-refractivity contribution >= 4 is 40.4 Å². The molecule has 2 N–H and O–H groups in total. The molecule has 2 unspecified atom stereocenters. The van der Waals surface area contributed by atoms with E-state index in [1.165, 1.54) is 48.3 Å². The molecule has 4 aliphatic rings. The van der Waals surface area contributed by atoms with E-state index in [1.54, 1.807) is 13.0 Å². The molecule has 3 heterocycles. The summed E-state index contributed by atoms with van der Waals surface area (Å²) in [5, 5.41) is 0.246. The van der Waals surface area contributed by atoms with E-state index in [2.05, 4.69) is 14.8 Å². The van der Waals surface area contributed by atoms with Crippen LogP contribution in [0.15, 0.2) is 41.5 Å². The number of thioether (sulfide) groups is 1. The van der Waals surface area contributed by atoms with Gasteiger partial charge in [0, 0.05) is 24.2 Å². The van der Waals surface area contributed by atoms with Crippen LogP contribution < -0.4 is 5.73 Å². The van der Waals surface area contributed by atoms with Gasteiger partial charge >= 0.3 is 0 Å². The number of amides is 1. The average molecular weight is 508 g/mol. The number of nitrogens with zero attached hydrogens (tertiary/aromatic N) is 4. The Hall–Kier alpha value is -3.29. The molecule has 36 heavy (non-hydrogen) atoms. The fourth-order valence-corrected chi connectivity index (χ4v) is 6.95. The van der Waals surface area contributed by atoms with Gasteiger partial charge in [-0.25, -0.2) is 13.6 Å². The highest BCUT2D eigenvalue weighted by atomic mass is 32.2. The maximum atomic E-state index is 15.2. The maximum Gasteiger partial charge on any atom is 0.240 e. The smallest absolute Gasteiger partial charge is 0.240 e. The number of amidine groups is 1. The summed E-state index contributed by atoms with van der Waals surface area (Å²) in [5.41, 5.74) is 6.25. The lowest BCUT2D eigenvalue weighted by Gasteiger charge is -2.37. The fourth-order valence-electron chi connectivity index (χ4n) is 5.52. The first-order valence-electron chi connectivity index (χ1n) is 11.7. The van der Waals surface area contributed by atoms with Crippen molar-refractivity contribution < 1.29 is 18.3 Å². The summed E-state index contributed by atoms with van der Waals surface area (Å²) in [7, 11) is 0. The van der Waals surface area contributed by atoms with E-state index in [1.807, 2.05) is 4.90 Å². The number of morpholine rings is 1. The predicted octanol–water partition coefficient (Wildman–Crippen LogP) is 4.27. The Morgan fingerprint density at radius 1 is 1.39 bits per heavy atom. The van der Waals surface area contributed by atoms with Gasteiger partial charge in [-0.1, -0.05) is 23.9 Å². The van der Waals surface area contributed by atoms with Crippen molar-refractivity contribution in [2.45, 2.75) is 42.2 Å². The van der Waals surface area contributed by atoms with E-state index < -0.39 is 21.9 Å². The number of nitrogens with two attached hydrogens (primary N) is 1. The molecule has 184 valence electrons. The number of halogens is 2. The Kier molecular flexibility index (Phi) is 5.21. The van der Waals surface area contributed by atoms with Gasteiger partial charge in [0.2, 0.25) is 11.6 Å². The summed E-state index contributed by atoms with van der Waals surface area (Å²) in [6.07, 6.45) is 4.07. The average Bonchev–Trinajstić information content (AvgIpc) is 3.79. The number of pyridine rings is 1. The van der Waals surface area contributed by atoms with Crippen LogP contribution in [-0.4, -0.2) is 51.0 Å².